The molecular formula is C30H42N4O7. The molecule has 0 aromatic heterocycles. The van der Waals surface area contributed by atoms with Crippen LogP contribution in [0, 0.1) is 29.1 Å². The van der Waals surface area contributed by atoms with Crippen molar-refractivity contribution in [3.63, 3.8) is 0 Å². The number of hydrogen-bond acceptors (Lipinski definition) is 10. The van der Waals surface area contributed by atoms with Gasteiger partial charge >= 0.3 is 0 Å². The summed E-state index contributed by atoms with van der Waals surface area (Å²) in [6, 6.07) is 0.397. The van der Waals surface area contributed by atoms with Gasteiger partial charge in [-0.2, -0.15) is 0 Å². The number of nitrogens with zero attached hydrogens (tertiary/aromatic N) is 2. The van der Waals surface area contributed by atoms with Gasteiger partial charge in [0.15, 0.2) is 34.7 Å². The van der Waals surface area contributed by atoms with Crippen molar-refractivity contribution in [2.75, 3.05) is 39.6 Å². The van der Waals surface area contributed by atoms with Gasteiger partial charge in [-0.1, -0.05) is 20.8 Å². The summed E-state index contributed by atoms with van der Waals surface area (Å²) in [5.74, 6) is -10.4. The number of phenolic OH excluding ortho intramolecular Hbond substituents is 1. The first-order valence-electron chi connectivity index (χ1n) is 14.0. The van der Waals surface area contributed by atoms with Gasteiger partial charge in [-0.25, -0.2) is 0 Å². The smallest absolute Gasteiger partial charge is 0.235 e. The molecule has 0 bridgehead atoms. The fraction of sp³-hybridized carbons (Fsp3) is 0.633. The standard InChI is InChI=1S/C30H42N4O7/c1-29(2,3)8-9-32-13-15-12-18(35)20-16(22(15)33(4)5)10-14-11-17-23(34(6)7)25(37)21(28(31)40)27(39)30(17,41)26(38)19(14)24(20)36/h12,14,17,19,21,23,32,35,41H,8-11,13H2,1-7H3,(H2,31,40)/t14-,17-,19?,21?,23-,30-/m0/s1. The molecule has 1 amide bonds. The summed E-state index contributed by atoms with van der Waals surface area (Å²) in [6.07, 6.45) is 1.19. The number of nitrogens with one attached hydrogen (secondary N) is 1. The van der Waals surface area contributed by atoms with Gasteiger partial charge in [0.2, 0.25) is 5.91 Å². The molecule has 0 aliphatic heterocycles. The lowest BCUT2D eigenvalue weighted by Gasteiger charge is -2.52. The summed E-state index contributed by atoms with van der Waals surface area (Å²) in [4.78, 5) is 70.1. The van der Waals surface area contributed by atoms with Crippen LogP contribution in [0.5, 0.6) is 5.75 Å². The molecule has 0 saturated heterocycles. The number of benzene rings is 1. The first kappa shape index (κ1) is 30.8. The Labute approximate surface area is 240 Å². The summed E-state index contributed by atoms with van der Waals surface area (Å²) >= 11 is 0. The van der Waals surface area contributed by atoms with E-state index in [4.69, 9.17) is 5.73 Å². The van der Waals surface area contributed by atoms with Crippen LogP contribution in [-0.4, -0.2) is 90.5 Å². The average Bonchev–Trinajstić information content (AvgIpc) is 2.82. The minimum Gasteiger partial charge on any atom is -0.507 e. The third kappa shape index (κ3) is 4.97. The highest BCUT2D eigenvalue weighted by molar-refractivity contribution is 6.32. The summed E-state index contributed by atoms with van der Waals surface area (Å²) < 4.78 is 0. The van der Waals surface area contributed by atoms with Crippen LogP contribution in [0.2, 0.25) is 0 Å². The molecule has 3 aliphatic carbocycles. The maximum atomic E-state index is 14.0. The number of fused-ring (bicyclic) bond motifs is 3. The highest BCUT2D eigenvalue weighted by Crippen LogP contribution is 2.52. The van der Waals surface area contributed by atoms with Gasteiger partial charge in [-0.3, -0.25) is 28.9 Å². The first-order valence-corrected chi connectivity index (χ1v) is 14.0. The Morgan fingerprint density at radius 2 is 1.76 bits per heavy atom. The Kier molecular flexibility index (Phi) is 7.96. The number of nitrogens with two attached hydrogens (primary N) is 1. The Balaban J connectivity index is 1.78. The molecule has 2 unspecified atom stereocenters. The molecule has 0 radical (unpaired) electrons. The molecule has 5 N–H and O–H groups in total. The Morgan fingerprint density at radius 1 is 1.12 bits per heavy atom. The molecule has 11 heteroatoms. The predicted molar refractivity (Wildman–Crippen MR) is 151 cm³/mol. The maximum absolute atomic E-state index is 14.0. The van der Waals surface area contributed by atoms with Crippen LogP contribution in [0.25, 0.3) is 0 Å². The SMILES string of the molecule is CN(C)c1c(CNCCC(C)(C)C)cc(O)c2c1C[C@H]1C[C@H]3[C@H](N(C)C)C(=O)C(C(N)=O)C(=O)[C@@]3(O)C(=O)C1C2=O. The number of primary amides is 1. The second-order valence-corrected chi connectivity index (χ2v) is 13.4. The fourth-order valence-electron chi connectivity index (χ4n) is 7.11. The first-order chi connectivity index (χ1) is 18.9. The van der Waals surface area contributed by atoms with E-state index in [1.54, 1.807) is 14.1 Å². The zero-order chi connectivity index (χ0) is 30.8. The van der Waals surface area contributed by atoms with Gasteiger partial charge in [0.25, 0.3) is 0 Å². The second kappa shape index (κ2) is 10.6. The van der Waals surface area contributed by atoms with Crippen LogP contribution >= 0.6 is 0 Å². The summed E-state index contributed by atoms with van der Waals surface area (Å²) in [6.45, 7) is 7.67. The van der Waals surface area contributed by atoms with Crippen molar-refractivity contribution in [2.24, 2.45) is 34.8 Å². The molecule has 0 heterocycles. The van der Waals surface area contributed by atoms with E-state index >= 15 is 0 Å². The normalized spacial score (nSPS) is 29.7. The van der Waals surface area contributed by atoms with E-state index in [0.29, 0.717) is 12.1 Å². The minimum atomic E-state index is -2.73. The zero-order valence-electron chi connectivity index (χ0n) is 24.9. The molecular weight excluding hydrogens is 528 g/mol. The van der Waals surface area contributed by atoms with Crippen LogP contribution in [0.3, 0.4) is 0 Å². The molecule has 224 valence electrons. The van der Waals surface area contributed by atoms with Crippen molar-refractivity contribution >= 4 is 34.7 Å². The number of hydrogen-bond donors (Lipinski definition) is 4. The third-order valence-electron chi connectivity index (χ3n) is 8.93. The van der Waals surface area contributed by atoms with Crippen LogP contribution in [-0.2, 0) is 32.1 Å². The minimum absolute atomic E-state index is 0.00117. The molecule has 3 aliphatic rings. The van der Waals surface area contributed by atoms with Crippen LogP contribution < -0.4 is 16.0 Å². The van der Waals surface area contributed by atoms with Crippen LogP contribution in [0.1, 0.15) is 55.1 Å². The number of ketones is 4. The molecule has 41 heavy (non-hydrogen) atoms. The maximum Gasteiger partial charge on any atom is 0.235 e. The topological polar surface area (TPSA) is 170 Å². The molecule has 1 aromatic carbocycles. The third-order valence-corrected chi connectivity index (χ3v) is 8.93. The largest absolute Gasteiger partial charge is 0.507 e. The number of likely N-dealkylation sites (N-methyl/N-ethyl adjacent to an activating group) is 1. The number of carbonyl (C=O) groups is 5. The van der Waals surface area contributed by atoms with Gasteiger partial charge in [0.05, 0.1) is 17.5 Å². The van der Waals surface area contributed by atoms with Crippen molar-refractivity contribution in [3.8, 4) is 5.75 Å². The second-order valence-electron chi connectivity index (χ2n) is 13.4. The summed E-state index contributed by atoms with van der Waals surface area (Å²) in [5.41, 5.74) is 4.94. The number of phenols is 1. The van der Waals surface area contributed by atoms with Crippen molar-refractivity contribution in [3.05, 3.63) is 22.8 Å². The molecule has 2 saturated carbocycles. The van der Waals surface area contributed by atoms with Crippen molar-refractivity contribution < 1.29 is 34.2 Å². The fourth-order valence-corrected chi connectivity index (χ4v) is 7.11. The van der Waals surface area contributed by atoms with Gasteiger partial charge in [0.1, 0.15) is 5.75 Å². The average molecular weight is 571 g/mol. The van der Waals surface area contributed by atoms with E-state index in [1.165, 1.54) is 11.0 Å². The Bertz CT molecular complexity index is 1310. The number of amides is 1. The van der Waals surface area contributed by atoms with Crippen LogP contribution in [0.4, 0.5) is 5.69 Å². The van der Waals surface area contributed by atoms with E-state index in [0.717, 1.165) is 24.2 Å². The summed E-state index contributed by atoms with van der Waals surface area (Å²) in [5, 5.41) is 26.2. The lowest BCUT2D eigenvalue weighted by atomic mass is 9.52. The van der Waals surface area contributed by atoms with Gasteiger partial charge in [-0.05, 0) is 68.4 Å². The highest BCUT2D eigenvalue weighted by Gasteiger charge is 2.69. The molecule has 0 spiro atoms. The predicted octanol–water partition coefficient (Wildman–Crippen LogP) is 0.459. The lowest BCUT2D eigenvalue weighted by molar-refractivity contribution is -0.181. The van der Waals surface area contributed by atoms with Gasteiger partial charge in [-0.15, -0.1) is 0 Å². The molecule has 6 atom stereocenters. The van der Waals surface area contributed by atoms with Crippen LogP contribution in [0.15, 0.2) is 6.07 Å². The molecule has 11 nitrogen and oxygen atoms in total. The zero-order valence-corrected chi connectivity index (χ0v) is 24.9. The molecule has 2 fully saturated rings. The summed E-state index contributed by atoms with van der Waals surface area (Å²) in [7, 11) is 6.82. The van der Waals surface area contributed by atoms with E-state index < -0.39 is 64.4 Å². The van der Waals surface area contributed by atoms with Gasteiger partial charge in [0, 0.05) is 32.2 Å². The number of aliphatic hydroxyl groups is 1. The van der Waals surface area contributed by atoms with Crippen molar-refractivity contribution in [1.82, 2.24) is 10.2 Å². The number of carbonyl (C=O) groups excluding carboxylic acids is 5. The van der Waals surface area contributed by atoms with E-state index in [-0.39, 0.29) is 29.6 Å². The number of rotatable bonds is 7. The van der Waals surface area contributed by atoms with E-state index in [9.17, 15) is 34.2 Å². The van der Waals surface area contributed by atoms with E-state index in [2.05, 4.69) is 26.1 Å². The highest BCUT2D eigenvalue weighted by atomic mass is 16.3. The number of Topliss-reactive ketones (excluding diaryl/α,β-unsaturated/α-hetero) is 4. The Morgan fingerprint density at radius 3 is 2.29 bits per heavy atom. The van der Waals surface area contributed by atoms with Crippen molar-refractivity contribution in [1.29, 1.82) is 0 Å². The van der Waals surface area contributed by atoms with Crippen molar-refractivity contribution in [2.45, 2.75) is 58.2 Å². The monoisotopic (exact) mass is 570 g/mol. The number of aromatic hydroxyl groups is 1. The molecule has 1 aromatic rings. The van der Waals surface area contributed by atoms with Gasteiger partial charge < -0.3 is 26.2 Å². The van der Waals surface area contributed by atoms with E-state index in [1.807, 2.05) is 19.0 Å². The lowest BCUT2D eigenvalue weighted by Crippen LogP contribution is -2.74. The number of anilines is 1. The quantitative estimate of drug-likeness (QED) is 0.267. The molecule has 4 rings (SSSR count). The Hall–Kier alpha value is -3.15.